The molecule has 0 saturated carbocycles. The van der Waals surface area contributed by atoms with Gasteiger partial charge in [-0.1, -0.05) is 6.07 Å². The highest BCUT2D eigenvalue weighted by Gasteiger charge is 2.01. The first-order valence-corrected chi connectivity index (χ1v) is 5.62. The molecule has 0 fully saturated rings. The van der Waals surface area contributed by atoms with E-state index in [1.54, 1.807) is 12.3 Å². The van der Waals surface area contributed by atoms with Gasteiger partial charge in [0, 0.05) is 19.3 Å². The van der Waals surface area contributed by atoms with Gasteiger partial charge in [0.1, 0.15) is 5.82 Å². The Balaban J connectivity index is 1.90. The number of phenols is 1. The summed E-state index contributed by atoms with van der Waals surface area (Å²) in [6, 6.07) is 6.17. The van der Waals surface area contributed by atoms with Crippen LogP contribution in [0, 0.1) is 12.7 Å². The minimum absolute atomic E-state index is 0.329. The van der Waals surface area contributed by atoms with Crippen LogP contribution < -0.4 is 5.32 Å². The molecule has 0 bridgehead atoms. The van der Waals surface area contributed by atoms with Gasteiger partial charge in [-0.05, 0) is 30.7 Å². The van der Waals surface area contributed by atoms with Crippen molar-refractivity contribution >= 4 is 0 Å². The van der Waals surface area contributed by atoms with Gasteiger partial charge in [-0.25, -0.2) is 14.4 Å². The Bertz CT molecular complexity index is 546. The molecule has 2 rings (SSSR count). The molecule has 1 aromatic carbocycles. The lowest BCUT2D eigenvalue weighted by Crippen LogP contribution is -2.14. The molecule has 0 aliphatic carbocycles. The number of aryl methyl sites for hydroxylation is 1. The molecule has 0 aliphatic rings. The molecule has 0 amide bonds. The summed E-state index contributed by atoms with van der Waals surface area (Å²) in [5.74, 6) is -0.206. The number of rotatable bonds is 4. The first kappa shape index (κ1) is 12.4. The molecule has 18 heavy (non-hydrogen) atoms. The van der Waals surface area contributed by atoms with E-state index in [9.17, 15) is 4.39 Å². The highest BCUT2D eigenvalue weighted by Crippen LogP contribution is 2.15. The molecule has 4 nitrogen and oxygen atoms in total. The highest BCUT2D eigenvalue weighted by molar-refractivity contribution is 5.27. The topological polar surface area (TPSA) is 58.0 Å². The SMILES string of the molecule is Cc1nccc(CNCc2ccc(O)c(F)c2)n1. The van der Waals surface area contributed by atoms with Crippen molar-refractivity contribution in [1.29, 1.82) is 0 Å². The molecular formula is C13H14FN3O. The summed E-state index contributed by atoms with van der Waals surface area (Å²) in [4.78, 5) is 8.26. The van der Waals surface area contributed by atoms with Crippen molar-refractivity contribution in [2.45, 2.75) is 20.0 Å². The number of phenolic OH excluding ortho intramolecular Hbond substituents is 1. The van der Waals surface area contributed by atoms with E-state index in [1.807, 2.05) is 13.0 Å². The van der Waals surface area contributed by atoms with E-state index in [1.165, 1.54) is 12.1 Å². The predicted octanol–water partition coefficient (Wildman–Crippen LogP) is 1.92. The molecule has 1 aromatic heterocycles. The maximum absolute atomic E-state index is 13.1. The van der Waals surface area contributed by atoms with Crippen LogP contribution in [0.1, 0.15) is 17.1 Å². The Labute approximate surface area is 105 Å². The fourth-order valence-electron chi connectivity index (χ4n) is 1.60. The molecule has 1 heterocycles. The number of benzene rings is 1. The minimum atomic E-state index is -0.604. The largest absolute Gasteiger partial charge is 0.505 e. The fourth-order valence-corrected chi connectivity index (χ4v) is 1.60. The lowest BCUT2D eigenvalue weighted by molar-refractivity contribution is 0.431. The van der Waals surface area contributed by atoms with Crippen LogP contribution in [0.4, 0.5) is 4.39 Å². The Hall–Kier alpha value is -2.01. The summed E-state index contributed by atoms with van der Waals surface area (Å²) < 4.78 is 13.1. The van der Waals surface area contributed by atoms with Crippen LogP contribution in [-0.4, -0.2) is 15.1 Å². The number of halogens is 1. The van der Waals surface area contributed by atoms with Crippen molar-refractivity contribution in [3.05, 3.63) is 53.4 Å². The summed E-state index contributed by atoms with van der Waals surface area (Å²) in [7, 11) is 0. The van der Waals surface area contributed by atoms with Crippen molar-refractivity contribution in [3.63, 3.8) is 0 Å². The Morgan fingerprint density at radius 3 is 2.83 bits per heavy atom. The summed E-state index contributed by atoms with van der Waals surface area (Å²) >= 11 is 0. The highest BCUT2D eigenvalue weighted by atomic mass is 19.1. The van der Waals surface area contributed by atoms with Gasteiger partial charge in [0.05, 0.1) is 5.69 Å². The molecule has 0 atom stereocenters. The smallest absolute Gasteiger partial charge is 0.165 e. The first-order chi connectivity index (χ1) is 8.65. The standard InChI is InChI=1S/C13H14FN3O/c1-9-16-5-4-11(17-9)8-15-7-10-2-3-13(18)12(14)6-10/h2-6,15,18H,7-8H2,1H3. The molecule has 0 aliphatic heterocycles. The van der Waals surface area contributed by atoms with Crippen molar-refractivity contribution in [3.8, 4) is 5.75 Å². The third-order valence-electron chi connectivity index (χ3n) is 2.48. The van der Waals surface area contributed by atoms with Gasteiger partial charge in [0.2, 0.25) is 0 Å². The van der Waals surface area contributed by atoms with Gasteiger partial charge < -0.3 is 10.4 Å². The lowest BCUT2D eigenvalue weighted by Gasteiger charge is -2.05. The van der Waals surface area contributed by atoms with Gasteiger partial charge in [-0.3, -0.25) is 0 Å². The van der Waals surface area contributed by atoms with E-state index in [0.29, 0.717) is 13.1 Å². The van der Waals surface area contributed by atoms with Crippen LogP contribution in [0.3, 0.4) is 0 Å². The monoisotopic (exact) mass is 247 g/mol. The number of aromatic nitrogens is 2. The van der Waals surface area contributed by atoms with Crippen LogP contribution in [0.25, 0.3) is 0 Å². The fraction of sp³-hybridized carbons (Fsp3) is 0.231. The third kappa shape index (κ3) is 3.24. The van der Waals surface area contributed by atoms with Gasteiger partial charge in [-0.15, -0.1) is 0 Å². The molecule has 0 unspecified atom stereocenters. The molecule has 0 radical (unpaired) electrons. The molecule has 2 N–H and O–H groups in total. The molecule has 5 heteroatoms. The molecule has 0 saturated heterocycles. The Morgan fingerprint density at radius 1 is 1.28 bits per heavy atom. The summed E-state index contributed by atoms with van der Waals surface area (Å²) in [5.41, 5.74) is 1.66. The zero-order valence-corrected chi connectivity index (χ0v) is 10.0. The summed E-state index contributed by atoms with van der Waals surface area (Å²) in [5, 5.41) is 12.2. The van der Waals surface area contributed by atoms with E-state index in [-0.39, 0.29) is 5.75 Å². The van der Waals surface area contributed by atoms with Crippen LogP contribution in [0.5, 0.6) is 5.75 Å². The minimum Gasteiger partial charge on any atom is -0.505 e. The van der Waals surface area contributed by atoms with Crippen LogP contribution in [0.2, 0.25) is 0 Å². The van der Waals surface area contributed by atoms with Crippen LogP contribution in [-0.2, 0) is 13.1 Å². The van der Waals surface area contributed by atoms with Gasteiger partial charge >= 0.3 is 0 Å². The average molecular weight is 247 g/mol. The molecule has 0 spiro atoms. The van der Waals surface area contributed by atoms with Crippen molar-refractivity contribution < 1.29 is 9.50 Å². The number of nitrogens with one attached hydrogen (secondary N) is 1. The van der Waals surface area contributed by atoms with E-state index in [0.717, 1.165) is 17.1 Å². The van der Waals surface area contributed by atoms with Crippen molar-refractivity contribution in [2.75, 3.05) is 0 Å². The van der Waals surface area contributed by atoms with E-state index in [2.05, 4.69) is 15.3 Å². The molecule has 2 aromatic rings. The van der Waals surface area contributed by atoms with Gasteiger partial charge in [-0.2, -0.15) is 0 Å². The maximum Gasteiger partial charge on any atom is 0.165 e. The lowest BCUT2D eigenvalue weighted by atomic mass is 10.2. The molecular weight excluding hydrogens is 233 g/mol. The second-order valence-electron chi connectivity index (χ2n) is 3.98. The van der Waals surface area contributed by atoms with Gasteiger partial charge in [0.25, 0.3) is 0 Å². The second kappa shape index (κ2) is 5.55. The Morgan fingerprint density at radius 2 is 2.11 bits per heavy atom. The number of aromatic hydroxyl groups is 1. The second-order valence-corrected chi connectivity index (χ2v) is 3.98. The number of nitrogens with zero attached hydrogens (tertiary/aromatic N) is 2. The van der Waals surface area contributed by atoms with E-state index < -0.39 is 5.82 Å². The van der Waals surface area contributed by atoms with Crippen molar-refractivity contribution in [2.24, 2.45) is 0 Å². The van der Waals surface area contributed by atoms with E-state index >= 15 is 0 Å². The third-order valence-corrected chi connectivity index (χ3v) is 2.48. The first-order valence-electron chi connectivity index (χ1n) is 5.62. The normalized spacial score (nSPS) is 10.6. The van der Waals surface area contributed by atoms with E-state index in [4.69, 9.17) is 5.11 Å². The number of hydrogen-bond donors (Lipinski definition) is 2. The predicted molar refractivity (Wildman–Crippen MR) is 65.4 cm³/mol. The zero-order valence-electron chi connectivity index (χ0n) is 10.0. The number of hydrogen-bond acceptors (Lipinski definition) is 4. The molecule has 94 valence electrons. The summed E-state index contributed by atoms with van der Waals surface area (Å²) in [6.45, 7) is 2.94. The average Bonchev–Trinajstić information content (AvgIpc) is 2.34. The van der Waals surface area contributed by atoms with Crippen molar-refractivity contribution in [1.82, 2.24) is 15.3 Å². The zero-order chi connectivity index (χ0) is 13.0. The van der Waals surface area contributed by atoms with Crippen LogP contribution in [0.15, 0.2) is 30.5 Å². The quantitative estimate of drug-likeness (QED) is 0.866. The maximum atomic E-state index is 13.1. The Kier molecular flexibility index (Phi) is 3.84. The summed E-state index contributed by atoms with van der Waals surface area (Å²) in [6.07, 6.45) is 1.71. The van der Waals surface area contributed by atoms with Gasteiger partial charge in [0.15, 0.2) is 11.6 Å². The van der Waals surface area contributed by atoms with Crippen LogP contribution >= 0.6 is 0 Å².